The molecule has 26 heavy (non-hydrogen) atoms. The number of benzene rings is 2. The van der Waals surface area contributed by atoms with Crippen LogP contribution in [-0.4, -0.2) is 24.1 Å². The number of carboxylic acids is 1. The fourth-order valence-electron chi connectivity index (χ4n) is 2.14. The highest BCUT2D eigenvalue weighted by Crippen LogP contribution is 2.29. The molecule has 0 aromatic heterocycles. The summed E-state index contributed by atoms with van der Waals surface area (Å²) in [6.45, 7) is 1.45. The second-order valence-electron chi connectivity index (χ2n) is 5.37. The third kappa shape index (κ3) is 5.34. The van der Waals surface area contributed by atoms with E-state index in [1.54, 1.807) is 30.3 Å². The minimum atomic E-state index is -1.25. The van der Waals surface area contributed by atoms with Crippen molar-refractivity contribution in [2.45, 2.75) is 13.5 Å². The average molecular weight is 359 g/mol. The molecule has 0 atom stereocenters. The Hall–Kier alpha value is -3.35. The van der Waals surface area contributed by atoms with Crippen LogP contribution in [-0.2, 0) is 16.2 Å². The van der Waals surface area contributed by atoms with Crippen LogP contribution in [0.15, 0.2) is 48.2 Å². The third-order valence-electron chi connectivity index (χ3n) is 3.35. The minimum absolute atomic E-state index is 0.220. The van der Waals surface area contributed by atoms with E-state index in [4.69, 9.17) is 14.6 Å². The molecule has 0 heterocycles. The summed E-state index contributed by atoms with van der Waals surface area (Å²) in [5.74, 6) is -1.21. The molecular weight excluding hydrogens is 341 g/mol. The van der Waals surface area contributed by atoms with E-state index in [0.29, 0.717) is 17.1 Å². The van der Waals surface area contributed by atoms with E-state index in [0.717, 1.165) is 5.56 Å². The molecule has 0 aliphatic heterocycles. The van der Waals surface area contributed by atoms with Crippen molar-refractivity contribution in [2.75, 3.05) is 7.11 Å². The maximum absolute atomic E-state index is 12.9. The number of aliphatic carboxylic acids is 1. The van der Waals surface area contributed by atoms with Crippen LogP contribution in [0.5, 0.6) is 11.5 Å². The molecule has 2 aromatic carbocycles. The van der Waals surface area contributed by atoms with Crippen molar-refractivity contribution in [3.8, 4) is 11.5 Å². The van der Waals surface area contributed by atoms with E-state index in [9.17, 15) is 14.0 Å². The topological polar surface area (TPSA) is 84.9 Å². The molecule has 0 fully saturated rings. The molecule has 7 heteroatoms. The van der Waals surface area contributed by atoms with Gasteiger partial charge in [0.25, 0.3) is 0 Å². The second kappa shape index (κ2) is 8.66. The number of carbonyl (C=O) groups excluding carboxylic acids is 1. The van der Waals surface area contributed by atoms with Gasteiger partial charge in [0.2, 0.25) is 5.91 Å². The van der Waals surface area contributed by atoms with Crippen LogP contribution in [0.25, 0.3) is 6.08 Å². The van der Waals surface area contributed by atoms with Gasteiger partial charge in [0.05, 0.1) is 7.11 Å². The molecule has 0 aliphatic rings. The highest BCUT2D eigenvalue weighted by Gasteiger charge is 2.11. The fraction of sp³-hybridized carbons (Fsp3) is 0.158. The summed E-state index contributed by atoms with van der Waals surface area (Å²) < 4.78 is 23.9. The average Bonchev–Trinajstić information content (AvgIpc) is 2.60. The lowest BCUT2D eigenvalue weighted by molar-refractivity contribution is -0.134. The normalized spacial score (nSPS) is 11.0. The molecule has 2 aromatic rings. The summed E-state index contributed by atoms with van der Waals surface area (Å²) in [5, 5.41) is 11.4. The molecule has 0 radical (unpaired) electrons. The van der Waals surface area contributed by atoms with Gasteiger partial charge in [0.1, 0.15) is 18.1 Å². The summed E-state index contributed by atoms with van der Waals surface area (Å²) in [6.07, 6.45) is 1.32. The van der Waals surface area contributed by atoms with E-state index in [1.165, 1.54) is 32.2 Å². The van der Waals surface area contributed by atoms with E-state index < -0.39 is 11.9 Å². The Morgan fingerprint density at radius 1 is 1.15 bits per heavy atom. The summed E-state index contributed by atoms with van der Waals surface area (Å²) in [7, 11) is 1.46. The van der Waals surface area contributed by atoms with Crippen molar-refractivity contribution in [3.05, 3.63) is 65.1 Å². The number of halogens is 1. The Kier molecular flexibility index (Phi) is 6.32. The van der Waals surface area contributed by atoms with Crippen molar-refractivity contribution in [3.63, 3.8) is 0 Å². The number of methoxy groups -OCH3 is 1. The minimum Gasteiger partial charge on any atom is -0.493 e. The molecule has 1 amide bonds. The molecule has 0 aliphatic carbocycles. The van der Waals surface area contributed by atoms with Gasteiger partial charge < -0.3 is 19.9 Å². The Balaban J connectivity index is 2.19. The monoisotopic (exact) mass is 359 g/mol. The van der Waals surface area contributed by atoms with Gasteiger partial charge in [-0.05, 0) is 41.5 Å². The van der Waals surface area contributed by atoms with Gasteiger partial charge in [0, 0.05) is 6.92 Å². The highest BCUT2D eigenvalue weighted by atomic mass is 19.1. The Labute approximate surface area is 149 Å². The van der Waals surface area contributed by atoms with Gasteiger partial charge in [-0.25, -0.2) is 9.18 Å². The summed E-state index contributed by atoms with van der Waals surface area (Å²) in [5.41, 5.74) is 1.05. The first-order chi connectivity index (χ1) is 12.4. The summed E-state index contributed by atoms with van der Waals surface area (Å²) >= 11 is 0. The molecular formula is C19H18FNO5. The maximum atomic E-state index is 12.9. The zero-order valence-corrected chi connectivity index (χ0v) is 14.3. The number of rotatable bonds is 7. The first-order valence-corrected chi connectivity index (χ1v) is 7.67. The number of ether oxygens (including phenoxy) is 2. The maximum Gasteiger partial charge on any atom is 0.352 e. The van der Waals surface area contributed by atoms with Crippen LogP contribution >= 0.6 is 0 Å². The van der Waals surface area contributed by atoms with Crippen LogP contribution in [0.2, 0.25) is 0 Å². The number of carboxylic acid groups (broad SMARTS) is 1. The molecule has 136 valence electrons. The van der Waals surface area contributed by atoms with Gasteiger partial charge >= 0.3 is 5.97 Å². The number of carbonyl (C=O) groups is 2. The Bertz CT molecular complexity index is 830. The van der Waals surface area contributed by atoms with Crippen molar-refractivity contribution < 1.29 is 28.6 Å². The van der Waals surface area contributed by atoms with Crippen LogP contribution in [0.4, 0.5) is 4.39 Å². The van der Waals surface area contributed by atoms with E-state index in [1.807, 2.05) is 0 Å². The standard InChI is InChI=1S/C19H18FNO5/c1-12(22)21-16(19(23)24)9-14-5-8-17(18(10-14)25-2)26-11-13-3-6-15(20)7-4-13/h3-10H,11H2,1-2H3,(H,21,22)(H,23,24). The van der Waals surface area contributed by atoms with Crippen molar-refractivity contribution in [2.24, 2.45) is 0 Å². The third-order valence-corrected chi connectivity index (χ3v) is 3.35. The van der Waals surface area contributed by atoms with E-state index in [-0.39, 0.29) is 18.1 Å². The zero-order valence-electron chi connectivity index (χ0n) is 14.3. The number of hydrogen-bond donors (Lipinski definition) is 2. The first-order valence-electron chi connectivity index (χ1n) is 7.67. The van der Waals surface area contributed by atoms with Crippen LogP contribution in [0.3, 0.4) is 0 Å². The summed E-state index contributed by atoms with van der Waals surface area (Å²) in [6, 6.07) is 10.8. The molecule has 0 bridgehead atoms. The Morgan fingerprint density at radius 2 is 1.85 bits per heavy atom. The summed E-state index contributed by atoms with van der Waals surface area (Å²) in [4.78, 5) is 22.3. The largest absolute Gasteiger partial charge is 0.493 e. The SMILES string of the molecule is COc1cc(C=C(NC(C)=O)C(=O)O)ccc1OCc1ccc(F)cc1. The van der Waals surface area contributed by atoms with Crippen molar-refractivity contribution in [1.82, 2.24) is 5.32 Å². The number of nitrogens with one attached hydrogen (secondary N) is 1. The fourth-order valence-corrected chi connectivity index (χ4v) is 2.14. The molecule has 0 unspecified atom stereocenters. The van der Waals surface area contributed by atoms with E-state index >= 15 is 0 Å². The predicted octanol–water partition coefficient (Wildman–Crippen LogP) is 2.97. The molecule has 0 saturated carbocycles. The molecule has 2 N–H and O–H groups in total. The lowest BCUT2D eigenvalue weighted by Gasteiger charge is -2.12. The van der Waals surface area contributed by atoms with Gasteiger partial charge in [-0.3, -0.25) is 4.79 Å². The van der Waals surface area contributed by atoms with E-state index in [2.05, 4.69) is 5.32 Å². The smallest absolute Gasteiger partial charge is 0.352 e. The molecule has 2 rings (SSSR count). The number of amides is 1. The predicted molar refractivity (Wildman–Crippen MR) is 93.2 cm³/mol. The lowest BCUT2D eigenvalue weighted by atomic mass is 10.1. The van der Waals surface area contributed by atoms with Gasteiger partial charge in [-0.2, -0.15) is 0 Å². The quantitative estimate of drug-likeness (QED) is 0.743. The lowest BCUT2D eigenvalue weighted by Crippen LogP contribution is -2.24. The van der Waals surface area contributed by atoms with Crippen LogP contribution in [0, 0.1) is 5.82 Å². The van der Waals surface area contributed by atoms with Gasteiger partial charge in [-0.15, -0.1) is 0 Å². The van der Waals surface area contributed by atoms with Gasteiger partial charge in [-0.1, -0.05) is 18.2 Å². The van der Waals surface area contributed by atoms with Crippen molar-refractivity contribution in [1.29, 1.82) is 0 Å². The Morgan fingerprint density at radius 3 is 2.42 bits per heavy atom. The molecule has 6 nitrogen and oxygen atoms in total. The highest BCUT2D eigenvalue weighted by molar-refractivity contribution is 5.96. The zero-order chi connectivity index (χ0) is 19.1. The molecule has 0 spiro atoms. The molecule has 0 saturated heterocycles. The first kappa shape index (κ1) is 19.0. The van der Waals surface area contributed by atoms with Crippen LogP contribution in [0.1, 0.15) is 18.1 Å². The van der Waals surface area contributed by atoms with Crippen molar-refractivity contribution >= 4 is 18.0 Å². The van der Waals surface area contributed by atoms with Gasteiger partial charge in [0.15, 0.2) is 11.5 Å². The second-order valence-corrected chi connectivity index (χ2v) is 5.37. The number of hydrogen-bond acceptors (Lipinski definition) is 4. The van der Waals surface area contributed by atoms with Crippen LogP contribution < -0.4 is 14.8 Å².